The van der Waals surface area contributed by atoms with Gasteiger partial charge in [-0.3, -0.25) is 0 Å². The number of hydrogen-bond acceptors (Lipinski definition) is 3. The zero-order chi connectivity index (χ0) is 17.6. The van der Waals surface area contributed by atoms with Gasteiger partial charge >= 0.3 is 6.61 Å². The standard InChI is InChI=1S/C17H13BrClF2N3O/c18-11-2-4-14(25-17(20)21)10-8-24-13-7-9(19)1-3-12(13)23-15(24)5-6-22-16(10)11/h1-4,7,17,22H,5-6,8H2. The normalized spacial score (nSPS) is 13.8. The molecule has 1 N–H and O–H groups in total. The van der Waals surface area contributed by atoms with Crippen LogP contribution in [0.3, 0.4) is 0 Å². The van der Waals surface area contributed by atoms with Gasteiger partial charge in [0.05, 0.1) is 23.3 Å². The monoisotopic (exact) mass is 427 g/mol. The Morgan fingerprint density at radius 1 is 1.28 bits per heavy atom. The number of nitrogens with zero attached hydrogens (tertiary/aromatic N) is 2. The Bertz CT molecular complexity index is 961. The lowest BCUT2D eigenvalue weighted by molar-refractivity contribution is -0.0504. The molecule has 0 spiro atoms. The third kappa shape index (κ3) is 3.06. The Morgan fingerprint density at radius 2 is 2.12 bits per heavy atom. The number of ether oxygens (including phenoxy) is 1. The van der Waals surface area contributed by atoms with Gasteiger partial charge in [-0.25, -0.2) is 4.98 Å². The molecule has 3 aromatic rings. The summed E-state index contributed by atoms with van der Waals surface area (Å²) >= 11 is 9.61. The van der Waals surface area contributed by atoms with Crippen molar-refractivity contribution in [2.75, 3.05) is 11.9 Å². The van der Waals surface area contributed by atoms with Gasteiger partial charge in [-0.05, 0) is 46.3 Å². The molecule has 2 heterocycles. The van der Waals surface area contributed by atoms with Gasteiger partial charge in [-0.2, -0.15) is 8.78 Å². The fraction of sp³-hybridized carbons (Fsp3) is 0.235. The predicted octanol–water partition coefficient (Wildman–Crippen LogP) is 5.07. The van der Waals surface area contributed by atoms with Crippen molar-refractivity contribution in [2.45, 2.75) is 19.6 Å². The van der Waals surface area contributed by atoms with Crippen molar-refractivity contribution >= 4 is 44.3 Å². The Hall–Kier alpha value is -1.86. The Balaban J connectivity index is 1.91. The topological polar surface area (TPSA) is 39.1 Å². The van der Waals surface area contributed by atoms with E-state index in [9.17, 15) is 8.78 Å². The molecule has 0 saturated carbocycles. The SMILES string of the molecule is FC(F)Oc1ccc(Br)c2c1Cn1c(nc3ccc(Cl)cc31)CCN2. The predicted molar refractivity (Wildman–Crippen MR) is 96.8 cm³/mol. The first-order valence-corrected chi connectivity index (χ1v) is 8.85. The molecule has 4 rings (SSSR count). The smallest absolute Gasteiger partial charge is 0.387 e. The summed E-state index contributed by atoms with van der Waals surface area (Å²) in [7, 11) is 0. The minimum atomic E-state index is -2.89. The summed E-state index contributed by atoms with van der Waals surface area (Å²) in [5.74, 6) is 1.02. The van der Waals surface area contributed by atoms with Crippen molar-refractivity contribution < 1.29 is 13.5 Å². The highest BCUT2D eigenvalue weighted by Crippen LogP contribution is 2.37. The van der Waals surface area contributed by atoms with Crippen LogP contribution in [-0.2, 0) is 13.0 Å². The van der Waals surface area contributed by atoms with Crippen molar-refractivity contribution in [3.8, 4) is 5.75 Å². The minimum Gasteiger partial charge on any atom is -0.434 e. The van der Waals surface area contributed by atoms with Crippen molar-refractivity contribution in [3.05, 3.63) is 51.2 Å². The Morgan fingerprint density at radius 3 is 2.92 bits per heavy atom. The van der Waals surface area contributed by atoms with E-state index in [0.717, 1.165) is 27.0 Å². The first-order chi connectivity index (χ1) is 12.0. The van der Waals surface area contributed by atoms with Crippen LogP contribution in [0.2, 0.25) is 5.02 Å². The maximum absolute atomic E-state index is 12.8. The zero-order valence-electron chi connectivity index (χ0n) is 12.9. The quantitative estimate of drug-likeness (QED) is 0.619. The van der Waals surface area contributed by atoms with Crippen molar-refractivity contribution in [1.29, 1.82) is 0 Å². The molecule has 0 saturated heterocycles. The van der Waals surface area contributed by atoms with E-state index < -0.39 is 6.61 Å². The average molecular weight is 429 g/mol. The molecule has 2 aromatic carbocycles. The van der Waals surface area contributed by atoms with E-state index in [4.69, 9.17) is 16.3 Å². The summed E-state index contributed by atoms with van der Waals surface area (Å²) in [5.41, 5.74) is 3.11. The lowest BCUT2D eigenvalue weighted by atomic mass is 10.1. The summed E-state index contributed by atoms with van der Waals surface area (Å²) in [4.78, 5) is 4.65. The number of benzene rings is 2. The molecule has 130 valence electrons. The summed E-state index contributed by atoms with van der Waals surface area (Å²) in [6.07, 6.45) is 0.706. The Labute approximate surface area is 155 Å². The molecule has 0 amide bonds. The molecular weight excluding hydrogens is 416 g/mol. The highest BCUT2D eigenvalue weighted by Gasteiger charge is 2.21. The highest BCUT2D eigenvalue weighted by atomic mass is 79.9. The van der Waals surface area contributed by atoms with Crippen LogP contribution < -0.4 is 10.1 Å². The molecule has 1 aliphatic rings. The number of anilines is 1. The summed E-state index contributed by atoms with van der Waals surface area (Å²) in [6, 6.07) is 8.74. The number of nitrogens with one attached hydrogen (secondary N) is 1. The number of halogens is 4. The van der Waals surface area contributed by atoms with Crippen LogP contribution in [0, 0.1) is 0 Å². The van der Waals surface area contributed by atoms with Gasteiger partial charge < -0.3 is 14.6 Å². The van der Waals surface area contributed by atoms with E-state index in [-0.39, 0.29) is 5.75 Å². The molecule has 1 aliphatic heterocycles. The lowest BCUT2D eigenvalue weighted by Gasteiger charge is -2.22. The number of hydrogen-bond donors (Lipinski definition) is 1. The van der Waals surface area contributed by atoms with Gasteiger partial charge in [-0.15, -0.1) is 0 Å². The molecule has 1 aromatic heterocycles. The zero-order valence-corrected chi connectivity index (χ0v) is 15.2. The second-order valence-corrected chi connectivity index (χ2v) is 6.99. The maximum atomic E-state index is 12.8. The number of aromatic nitrogens is 2. The van der Waals surface area contributed by atoms with E-state index >= 15 is 0 Å². The number of alkyl halides is 2. The van der Waals surface area contributed by atoms with E-state index in [2.05, 4.69) is 26.2 Å². The fourth-order valence-electron chi connectivity index (χ4n) is 3.13. The van der Waals surface area contributed by atoms with Gasteiger partial charge in [0.2, 0.25) is 0 Å². The molecule has 0 atom stereocenters. The van der Waals surface area contributed by atoms with Gasteiger partial charge in [0.15, 0.2) is 0 Å². The van der Waals surface area contributed by atoms with E-state index in [0.29, 0.717) is 30.1 Å². The van der Waals surface area contributed by atoms with Crippen molar-refractivity contribution in [1.82, 2.24) is 9.55 Å². The van der Waals surface area contributed by atoms with Crippen LogP contribution in [-0.4, -0.2) is 22.7 Å². The van der Waals surface area contributed by atoms with E-state index in [1.54, 1.807) is 18.2 Å². The molecular formula is C17H13BrClF2N3O. The van der Waals surface area contributed by atoms with E-state index in [1.165, 1.54) is 0 Å². The van der Waals surface area contributed by atoms with Crippen LogP contribution in [0.1, 0.15) is 11.4 Å². The van der Waals surface area contributed by atoms with Gasteiger partial charge in [0.25, 0.3) is 0 Å². The number of fused-ring (bicyclic) bond motifs is 4. The fourth-order valence-corrected chi connectivity index (χ4v) is 3.80. The second-order valence-electron chi connectivity index (χ2n) is 5.70. The second kappa shape index (κ2) is 6.46. The van der Waals surface area contributed by atoms with Crippen LogP contribution in [0.15, 0.2) is 34.8 Å². The average Bonchev–Trinajstić information content (AvgIpc) is 2.86. The highest BCUT2D eigenvalue weighted by molar-refractivity contribution is 9.10. The Kier molecular flexibility index (Phi) is 4.29. The van der Waals surface area contributed by atoms with Crippen LogP contribution in [0.4, 0.5) is 14.5 Å². The van der Waals surface area contributed by atoms with Crippen molar-refractivity contribution in [2.24, 2.45) is 0 Å². The summed E-state index contributed by atoms with van der Waals surface area (Å²) < 4.78 is 33.2. The third-order valence-electron chi connectivity index (χ3n) is 4.19. The first kappa shape index (κ1) is 16.6. The van der Waals surface area contributed by atoms with Gasteiger partial charge in [0.1, 0.15) is 11.6 Å². The lowest BCUT2D eigenvalue weighted by Crippen LogP contribution is -2.18. The molecule has 8 heteroatoms. The third-order valence-corrected chi connectivity index (χ3v) is 5.09. The molecule has 0 bridgehead atoms. The minimum absolute atomic E-state index is 0.150. The van der Waals surface area contributed by atoms with Gasteiger partial charge in [-0.1, -0.05) is 11.6 Å². The van der Waals surface area contributed by atoms with E-state index in [1.807, 2.05) is 16.7 Å². The van der Waals surface area contributed by atoms with Crippen LogP contribution >= 0.6 is 27.5 Å². The van der Waals surface area contributed by atoms with Crippen LogP contribution in [0.25, 0.3) is 11.0 Å². The maximum Gasteiger partial charge on any atom is 0.387 e. The summed E-state index contributed by atoms with van der Waals surface area (Å²) in [6.45, 7) is -1.90. The molecule has 0 fully saturated rings. The number of rotatable bonds is 2. The van der Waals surface area contributed by atoms with Crippen molar-refractivity contribution in [3.63, 3.8) is 0 Å². The number of imidazole rings is 1. The summed E-state index contributed by atoms with van der Waals surface area (Å²) in [5, 5.41) is 3.90. The molecule has 25 heavy (non-hydrogen) atoms. The molecule has 0 radical (unpaired) electrons. The largest absolute Gasteiger partial charge is 0.434 e. The molecule has 4 nitrogen and oxygen atoms in total. The first-order valence-electron chi connectivity index (χ1n) is 7.67. The molecule has 0 unspecified atom stereocenters. The van der Waals surface area contributed by atoms with Gasteiger partial charge in [0, 0.05) is 28.0 Å². The van der Waals surface area contributed by atoms with Crippen LogP contribution in [0.5, 0.6) is 5.75 Å². The molecule has 0 aliphatic carbocycles.